The number of hydrogen-bond acceptors (Lipinski definition) is 5. The van der Waals surface area contributed by atoms with E-state index in [1.54, 1.807) is 12.4 Å². The lowest BCUT2D eigenvalue weighted by molar-refractivity contribution is -0.121. The standard InChI is InChI=1S/C26H29N3O3/c1-3-31-23-12-8-22(9-13-23)29-17-25(18-29)32-24-10-6-21(7-11-24)19(2)28-26(30)15-20-5-4-14-27-16-20/h4-14,16,19,25H,3,15,17-18H2,1-2H3,(H,28,30)/t19-/m0/s1. The van der Waals surface area contributed by atoms with E-state index in [4.69, 9.17) is 9.47 Å². The molecule has 4 rings (SSSR count). The molecule has 1 saturated heterocycles. The molecule has 32 heavy (non-hydrogen) atoms. The van der Waals surface area contributed by atoms with Gasteiger partial charge in [0.05, 0.1) is 32.2 Å². The maximum Gasteiger partial charge on any atom is 0.224 e. The lowest BCUT2D eigenvalue weighted by Gasteiger charge is -2.40. The van der Waals surface area contributed by atoms with E-state index in [1.807, 2.05) is 62.4 Å². The van der Waals surface area contributed by atoms with Crippen molar-refractivity contribution in [3.8, 4) is 11.5 Å². The summed E-state index contributed by atoms with van der Waals surface area (Å²) in [5.41, 5.74) is 3.13. The number of pyridine rings is 1. The van der Waals surface area contributed by atoms with Gasteiger partial charge >= 0.3 is 0 Å². The molecule has 6 heteroatoms. The lowest BCUT2D eigenvalue weighted by Crippen LogP contribution is -2.54. The van der Waals surface area contributed by atoms with Crippen LogP contribution in [0.1, 0.15) is 31.0 Å². The maximum atomic E-state index is 12.3. The van der Waals surface area contributed by atoms with Crippen molar-refractivity contribution in [2.45, 2.75) is 32.4 Å². The highest BCUT2D eigenvalue weighted by Gasteiger charge is 2.28. The third kappa shape index (κ3) is 5.58. The number of nitrogens with one attached hydrogen (secondary N) is 1. The van der Waals surface area contributed by atoms with Crippen LogP contribution in [0.4, 0.5) is 5.69 Å². The zero-order valence-corrected chi connectivity index (χ0v) is 18.5. The molecule has 6 nitrogen and oxygen atoms in total. The first-order chi connectivity index (χ1) is 15.6. The van der Waals surface area contributed by atoms with Gasteiger partial charge in [0.1, 0.15) is 17.6 Å². The topological polar surface area (TPSA) is 63.7 Å². The van der Waals surface area contributed by atoms with Crippen LogP contribution in [0.5, 0.6) is 11.5 Å². The Morgan fingerprint density at radius 2 is 1.81 bits per heavy atom. The van der Waals surface area contributed by atoms with E-state index in [0.717, 1.165) is 35.7 Å². The fourth-order valence-corrected chi connectivity index (χ4v) is 3.73. The van der Waals surface area contributed by atoms with Crippen LogP contribution in [0, 0.1) is 0 Å². The Morgan fingerprint density at radius 1 is 1.09 bits per heavy atom. The van der Waals surface area contributed by atoms with Crippen molar-refractivity contribution in [3.05, 3.63) is 84.2 Å². The Balaban J connectivity index is 1.23. The first-order valence-corrected chi connectivity index (χ1v) is 11.0. The van der Waals surface area contributed by atoms with Crippen LogP contribution in [-0.2, 0) is 11.2 Å². The van der Waals surface area contributed by atoms with Gasteiger partial charge in [0.15, 0.2) is 0 Å². The number of rotatable bonds is 9. The molecule has 0 unspecified atom stereocenters. The van der Waals surface area contributed by atoms with E-state index in [2.05, 4.69) is 27.3 Å². The summed E-state index contributed by atoms with van der Waals surface area (Å²) in [6.45, 7) is 6.36. The normalized spacial score (nSPS) is 14.4. The monoisotopic (exact) mass is 431 g/mol. The second-order valence-electron chi connectivity index (χ2n) is 7.97. The van der Waals surface area contributed by atoms with Crippen LogP contribution in [0.15, 0.2) is 73.1 Å². The van der Waals surface area contributed by atoms with E-state index in [9.17, 15) is 4.79 Å². The molecule has 1 aromatic heterocycles. The molecule has 0 radical (unpaired) electrons. The summed E-state index contributed by atoms with van der Waals surface area (Å²) in [6.07, 6.45) is 3.92. The summed E-state index contributed by atoms with van der Waals surface area (Å²) in [4.78, 5) is 18.6. The molecule has 3 aromatic rings. The van der Waals surface area contributed by atoms with Gasteiger partial charge in [0.25, 0.3) is 0 Å². The fourth-order valence-electron chi connectivity index (χ4n) is 3.73. The van der Waals surface area contributed by atoms with Crippen molar-refractivity contribution >= 4 is 11.6 Å². The molecule has 1 N–H and O–H groups in total. The van der Waals surface area contributed by atoms with E-state index < -0.39 is 0 Å². The first-order valence-electron chi connectivity index (χ1n) is 11.0. The minimum Gasteiger partial charge on any atom is -0.494 e. The number of ether oxygens (including phenoxy) is 2. The number of amides is 1. The predicted octanol–water partition coefficient (Wildman–Crippen LogP) is 4.17. The lowest BCUT2D eigenvalue weighted by atomic mass is 10.1. The van der Waals surface area contributed by atoms with Crippen LogP contribution in [0.2, 0.25) is 0 Å². The quantitative estimate of drug-likeness (QED) is 0.551. The van der Waals surface area contributed by atoms with Crippen LogP contribution < -0.4 is 19.7 Å². The maximum absolute atomic E-state index is 12.3. The average molecular weight is 432 g/mol. The van der Waals surface area contributed by atoms with Crippen LogP contribution >= 0.6 is 0 Å². The summed E-state index contributed by atoms with van der Waals surface area (Å²) in [7, 11) is 0. The molecule has 0 spiro atoms. The summed E-state index contributed by atoms with van der Waals surface area (Å²) in [6, 6.07) is 19.8. The van der Waals surface area contributed by atoms with Crippen molar-refractivity contribution < 1.29 is 14.3 Å². The van der Waals surface area contributed by atoms with Gasteiger partial charge in [0, 0.05) is 18.1 Å². The van der Waals surface area contributed by atoms with Gasteiger partial charge < -0.3 is 19.7 Å². The molecule has 2 heterocycles. The predicted molar refractivity (Wildman–Crippen MR) is 125 cm³/mol. The minimum atomic E-state index is -0.0768. The molecule has 1 aliphatic heterocycles. The smallest absolute Gasteiger partial charge is 0.224 e. The van der Waals surface area contributed by atoms with Crippen molar-refractivity contribution in [1.82, 2.24) is 10.3 Å². The van der Waals surface area contributed by atoms with Crippen LogP contribution in [-0.4, -0.2) is 36.7 Å². The van der Waals surface area contributed by atoms with E-state index in [0.29, 0.717) is 13.0 Å². The van der Waals surface area contributed by atoms with Crippen LogP contribution in [0.25, 0.3) is 0 Å². The highest BCUT2D eigenvalue weighted by atomic mass is 16.5. The molecule has 0 bridgehead atoms. The van der Waals surface area contributed by atoms with Crippen molar-refractivity contribution in [3.63, 3.8) is 0 Å². The number of carbonyl (C=O) groups excluding carboxylic acids is 1. The summed E-state index contributed by atoms with van der Waals surface area (Å²) in [5, 5.41) is 3.04. The highest BCUT2D eigenvalue weighted by molar-refractivity contribution is 5.78. The first kappa shape index (κ1) is 21.7. The van der Waals surface area contributed by atoms with E-state index in [1.165, 1.54) is 5.69 Å². The van der Waals surface area contributed by atoms with Gasteiger partial charge in [-0.1, -0.05) is 18.2 Å². The number of aromatic nitrogens is 1. The molecular weight excluding hydrogens is 402 g/mol. The Labute approximate surface area is 189 Å². The number of benzene rings is 2. The Kier molecular flexibility index (Phi) is 6.90. The number of nitrogens with zero attached hydrogens (tertiary/aromatic N) is 2. The van der Waals surface area contributed by atoms with Gasteiger partial charge in [-0.2, -0.15) is 0 Å². The molecule has 0 saturated carbocycles. The molecule has 1 aliphatic rings. The number of anilines is 1. The average Bonchev–Trinajstić information content (AvgIpc) is 2.78. The summed E-state index contributed by atoms with van der Waals surface area (Å²) >= 11 is 0. The third-order valence-corrected chi connectivity index (χ3v) is 5.51. The van der Waals surface area contributed by atoms with E-state index in [-0.39, 0.29) is 18.1 Å². The summed E-state index contributed by atoms with van der Waals surface area (Å²) < 4.78 is 11.6. The Bertz CT molecular complexity index is 1000. The fraction of sp³-hybridized carbons (Fsp3) is 0.308. The number of hydrogen-bond donors (Lipinski definition) is 1. The number of carbonyl (C=O) groups is 1. The van der Waals surface area contributed by atoms with Crippen LogP contribution in [0.3, 0.4) is 0 Å². The van der Waals surface area contributed by atoms with Gasteiger partial charge in [-0.15, -0.1) is 0 Å². The van der Waals surface area contributed by atoms with Gasteiger partial charge in [0.2, 0.25) is 5.91 Å². The van der Waals surface area contributed by atoms with Crippen molar-refractivity contribution in [1.29, 1.82) is 0 Å². The van der Waals surface area contributed by atoms with Crippen molar-refractivity contribution in [2.24, 2.45) is 0 Å². The largest absolute Gasteiger partial charge is 0.494 e. The van der Waals surface area contributed by atoms with Gasteiger partial charge in [-0.25, -0.2) is 0 Å². The van der Waals surface area contributed by atoms with Gasteiger partial charge in [-0.3, -0.25) is 9.78 Å². The molecule has 0 aliphatic carbocycles. The molecule has 1 atom stereocenters. The second kappa shape index (κ2) is 10.2. The molecule has 1 fully saturated rings. The molecule has 1 amide bonds. The third-order valence-electron chi connectivity index (χ3n) is 5.51. The molecule has 166 valence electrons. The van der Waals surface area contributed by atoms with Gasteiger partial charge in [-0.05, 0) is 67.4 Å². The van der Waals surface area contributed by atoms with Crippen molar-refractivity contribution in [2.75, 3.05) is 24.6 Å². The Morgan fingerprint density at radius 3 is 2.47 bits per heavy atom. The highest BCUT2D eigenvalue weighted by Crippen LogP contribution is 2.27. The molecular formula is C26H29N3O3. The van der Waals surface area contributed by atoms with E-state index >= 15 is 0 Å². The summed E-state index contributed by atoms with van der Waals surface area (Å²) in [5.74, 6) is 1.72. The Hall–Kier alpha value is -3.54. The minimum absolute atomic E-state index is 0.0188. The zero-order chi connectivity index (χ0) is 22.3. The molecule has 2 aromatic carbocycles. The second-order valence-corrected chi connectivity index (χ2v) is 7.97. The zero-order valence-electron chi connectivity index (χ0n) is 18.5. The SMILES string of the molecule is CCOc1ccc(N2CC(Oc3ccc([C@H](C)NC(=O)Cc4cccnc4)cc3)C2)cc1.